The second kappa shape index (κ2) is 34.0. The number of nitrogens with one attached hydrogen (secondary N) is 1. The molecule has 2 aliphatic rings. The third kappa shape index (κ3) is 19.0. The van der Waals surface area contributed by atoms with Gasteiger partial charge in [-0.15, -0.1) is 12.4 Å². The molecule has 2 fully saturated rings. The number of ether oxygens (including phenoxy) is 2. The van der Waals surface area contributed by atoms with Crippen LogP contribution in [0.4, 0.5) is 11.4 Å². The first kappa shape index (κ1) is 71.5. The minimum absolute atomic E-state index is 0. The number of aliphatic carboxylic acids is 2. The number of piperazine rings is 2. The number of halogens is 1. The van der Waals surface area contributed by atoms with Crippen molar-refractivity contribution in [2.75, 3.05) is 76.4 Å². The Morgan fingerprint density at radius 2 is 0.901 bits per heavy atom. The van der Waals surface area contributed by atoms with Crippen LogP contribution >= 0.6 is 12.4 Å². The van der Waals surface area contributed by atoms with Gasteiger partial charge in [0.25, 0.3) is 11.9 Å². The summed E-state index contributed by atoms with van der Waals surface area (Å²) in [5.74, 6) is -0.283. The number of carbonyl (C=O) groups is 2. The van der Waals surface area contributed by atoms with Crippen molar-refractivity contribution in [2.45, 2.75) is 46.8 Å². The summed E-state index contributed by atoms with van der Waals surface area (Å²) in [6.45, 7) is 10.9. The summed E-state index contributed by atoms with van der Waals surface area (Å²) in [6, 6.07) is 63.6. The Balaban J connectivity index is 0.000000228. The molecule has 0 bridgehead atoms. The second-order valence-electron chi connectivity index (χ2n) is 20.6. The first-order chi connectivity index (χ1) is 42.9. The van der Waals surface area contributed by atoms with E-state index in [1.807, 2.05) is 72.8 Å². The third-order valence-electron chi connectivity index (χ3n) is 14.4. The third-order valence-corrected chi connectivity index (χ3v) is 17.9. The number of para-hydroxylation sites is 1. The molecule has 20 nitrogen and oxygen atoms in total. The Kier molecular flexibility index (Phi) is 26.8. The summed E-state index contributed by atoms with van der Waals surface area (Å²) in [5.41, 5.74) is 6.91. The molecule has 12 rings (SSSR count). The fourth-order valence-corrected chi connectivity index (χ4v) is 12.9. The van der Waals surface area contributed by atoms with Gasteiger partial charge < -0.3 is 39.5 Å². The maximum absolute atomic E-state index is 13.8. The molecule has 481 valence electrons. The molecule has 0 spiro atoms. The van der Waals surface area contributed by atoms with Crippen molar-refractivity contribution in [2.24, 2.45) is 0 Å². The Morgan fingerprint density at radius 1 is 0.527 bits per heavy atom. The molecular formula is C66H72BClCuN8O12S2. The Hall–Kier alpha value is -8.55. The number of carboxylic acids is 2. The molecule has 10 aromatic rings. The molecule has 25 heteroatoms. The maximum atomic E-state index is 13.8. The van der Waals surface area contributed by atoms with Gasteiger partial charge >= 0.3 is 7.12 Å². The van der Waals surface area contributed by atoms with Gasteiger partial charge in [-0.25, -0.2) is 21.5 Å². The fourth-order valence-electron chi connectivity index (χ4n) is 10.1. The van der Waals surface area contributed by atoms with Crippen LogP contribution in [0, 0.1) is 0 Å². The normalized spacial score (nSPS) is 13.2. The number of fused-ring (bicyclic) bond motifs is 2. The number of aromatic nitrogens is 4. The zero-order valence-corrected chi connectivity index (χ0v) is 53.9. The van der Waals surface area contributed by atoms with Crippen LogP contribution in [-0.4, -0.2) is 153 Å². The number of nitrogens with zero attached hydrogens (tertiary/aromatic N) is 7. The van der Waals surface area contributed by atoms with Crippen LogP contribution in [-0.2, 0) is 59.4 Å². The molecule has 1 radical (unpaired) electrons. The van der Waals surface area contributed by atoms with Crippen LogP contribution in [0.1, 0.15) is 25.0 Å². The molecular weight excluding hydrogens is 1270 g/mol. The summed E-state index contributed by atoms with van der Waals surface area (Å²) < 4.78 is 67.3. The van der Waals surface area contributed by atoms with Gasteiger partial charge in [0, 0.05) is 119 Å². The van der Waals surface area contributed by atoms with E-state index in [0.29, 0.717) is 38.8 Å². The molecule has 2 aromatic heterocycles. The summed E-state index contributed by atoms with van der Waals surface area (Å²) in [7, 11) is -5.64. The monoisotopic (exact) mass is 1340 g/mol. The van der Waals surface area contributed by atoms with Crippen molar-refractivity contribution in [1.82, 2.24) is 29.8 Å². The molecule has 5 N–H and O–H groups in total. The minimum atomic E-state index is -3.86. The number of aromatic amines is 1. The molecule has 2 saturated heterocycles. The fraction of sp³-hybridized carbons (Fsp3) is 0.212. The van der Waals surface area contributed by atoms with E-state index in [1.165, 1.54) is 11.1 Å². The average molecular weight is 1340 g/mol. The van der Waals surface area contributed by atoms with Crippen molar-refractivity contribution < 1.29 is 73.2 Å². The van der Waals surface area contributed by atoms with E-state index in [9.17, 15) is 16.8 Å². The van der Waals surface area contributed by atoms with Crippen molar-refractivity contribution in [3.05, 3.63) is 217 Å². The predicted octanol–water partition coefficient (Wildman–Crippen LogP) is 8.88. The Morgan fingerprint density at radius 3 is 1.31 bits per heavy atom. The number of sulfone groups is 2. The number of H-pyrrole nitrogens is 1. The summed E-state index contributed by atoms with van der Waals surface area (Å²) in [4.78, 5) is 27.9. The van der Waals surface area contributed by atoms with E-state index in [1.54, 1.807) is 104 Å². The van der Waals surface area contributed by atoms with Gasteiger partial charge in [-0.05, 0) is 65.1 Å². The number of rotatable bonds is 14. The van der Waals surface area contributed by atoms with Gasteiger partial charge in [0.15, 0.2) is 10.1 Å². The molecule has 0 saturated carbocycles. The molecule has 2 aliphatic heterocycles. The molecule has 91 heavy (non-hydrogen) atoms. The Labute approximate surface area is 547 Å². The van der Waals surface area contributed by atoms with E-state index in [4.69, 9.17) is 39.3 Å². The van der Waals surface area contributed by atoms with Gasteiger partial charge in [-0.3, -0.25) is 24.5 Å². The molecule has 0 unspecified atom stereocenters. The summed E-state index contributed by atoms with van der Waals surface area (Å²) in [5, 5.41) is 45.0. The quantitative estimate of drug-likeness (QED) is 0.0637. The van der Waals surface area contributed by atoms with Crippen LogP contribution in [0.3, 0.4) is 0 Å². The first-order valence-electron chi connectivity index (χ1n) is 28.5. The van der Waals surface area contributed by atoms with Crippen molar-refractivity contribution in [3.8, 4) is 17.2 Å². The van der Waals surface area contributed by atoms with Crippen LogP contribution in [0.15, 0.2) is 226 Å². The molecule has 8 aromatic carbocycles. The minimum Gasteiger partial charge on any atom is -0.495 e. The molecule has 0 amide bonds. The predicted molar refractivity (Wildman–Crippen MR) is 352 cm³/mol. The van der Waals surface area contributed by atoms with Gasteiger partial charge in [0.1, 0.15) is 11.5 Å². The number of methoxy groups -OCH3 is 2. The molecule has 0 atom stereocenters. The van der Waals surface area contributed by atoms with E-state index in [-0.39, 0.29) is 49.3 Å². The number of benzene rings is 8. The zero-order chi connectivity index (χ0) is 63.5. The van der Waals surface area contributed by atoms with Crippen LogP contribution in [0.2, 0.25) is 0 Å². The summed E-state index contributed by atoms with van der Waals surface area (Å²) >= 11 is 0. The largest absolute Gasteiger partial charge is 0.495 e. The van der Waals surface area contributed by atoms with Gasteiger partial charge in [0.05, 0.1) is 52.1 Å². The zero-order valence-electron chi connectivity index (χ0n) is 50.5. The second-order valence-corrected chi connectivity index (χ2v) is 24.4. The van der Waals surface area contributed by atoms with Crippen molar-refractivity contribution in [1.29, 1.82) is 0 Å². The van der Waals surface area contributed by atoms with Crippen molar-refractivity contribution >= 4 is 89.8 Å². The van der Waals surface area contributed by atoms with Gasteiger partial charge in [0.2, 0.25) is 19.7 Å². The molecule has 4 heterocycles. The molecule has 0 aliphatic carbocycles. The number of carboxylic acid groups (broad SMARTS) is 2. The number of anilines is 2. The van der Waals surface area contributed by atoms with Crippen LogP contribution in [0.25, 0.3) is 27.5 Å². The number of hydrogen-bond donors (Lipinski definition) is 5. The van der Waals surface area contributed by atoms with E-state index < -0.39 is 38.7 Å². The topological polar surface area (TPSA) is 261 Å². The van der Waals surface area contributed by atoms with Crippen LogP contribution in [0.5, 0.6) is 11.5 Å². The first-order valence-corrected chi connectivity index (χ1v) is 31.5. The van der Waals surface area contributed by atoms with Crippen LogP contribution < -0.4 is 24.7 Å². The van der Waals surface area contributed by atoms with E-state index in [0.717, 1.165) is 96.4 Å². The van der Waals surface area contributed by atoms with Gasteiger partial charge in [-0.2, -0.15) is 10.2 Å². The average Bonchev–Trinajstić information content (AvgIpc) is 1.68. The standard InChI is InChI=1S/C31H30N4O3S.C25H26N4O3S.C6H7BO2.2C2H4O2.ClH.Cu/c1-38-30-22-28-27(21-29(30)34-19-17-33(18-20-34)23-24-11-5-2-6-12-24)31(32-35(28)25-13-7-3-8-14-25)39(36,37)26-15-9-4-10-16-26;1-32-24-17-22-21(25(27-26-22)33(30,31)20-10-6-3-7-11-20)16-23(24)29-14-12-28(13-15-29)18-19-8-4-2-5-9-19;8-7(9)6-4-2-1-3-5-6;2*1-2(3)4;;/h2-16,21-22H,17-20,23H2,1H3;2-11,16-17H,12-15,18H2,1H3,(H,26,27);1-5,8-9H;2*1H3,(H,3,4);1H;. The summed E-state index contributed by atoms with van der Waals surface area (Å²) in [6.07, 6.45) is 0. The van der Waals surface area contributed by atoms with E-state index in [2.05, 4.69) is 83.4 Å². The SMILES string of the molecule is CC(=O)O.CC(=O)O.COc1cc2c(cc1N1CCN(Cc3ccccc3)CC1)c(S(=O)(=O)c1ccccc1)nn2-c1ccccc1.COc1cc2n[nH]c(S(=O)(=O)c3ccccc3)c2cc1N1CCN(Cc2ccccc2)CC1.Cl.OB(O)c1ccccc1.[Cu]. The van der Waals surface area contributed by atoms with E-state index >= 15 is 0 Å². The number of hydrogen-bond acceptors (Lipinski definition) is 16. The van der Waals surface area contributed by atoms with Gasteiger partial charge in [-0.1, -0.05) is 146 Å². The Bertz CT molecular complexity index is 4120. The maximum Gasteiger partial charge on any atom is 0.488 e. The smallest absolute Gasteiger partial charge is 0.488 e. The van der Waals surface area contributed by atoms with Crippen molar-refractivity contribution in [3.63, 3.8) is 0 Å².